The zero-order valence-corrected chi connectivity index (χ0v) is 47.2. The van der Waals surface area contributed by atoms with E-state index in [2.05, 4.69) is 55.6 Å². The Kier molecular flexibility index (Phi) is 50.2. The van der Waals surface area contributed by atoms with Crippen LogP contribution in [0.4, 0.5) is 0 Å². The van der Waals surface area contributed by atoms with E-state index in [-0.39, 0.29) is 12.5 Å². The first-order valence-electron chi connectivity index (χ1n) is 29.5. The van der Waals surface area contributed by atoms with Gasteiger partial charge in [-0.1, -0.05) is 249 Å². The number of rotatable bonds is 54. The summed E-state index contributed by atoms with van der Waals surface area (Å²) in [5.74, 6) is -0.211. The number of unbranched alkanes of at least 4 members (excludes halogenated alkanes) is 35. The van der Waals surface area contributed by atoms with Crippen LogP contribution in [0.15, 0.2) is 48.6 Å². The standard InChI is InChI=1S/C60H115N2O6P/c1-6-8-10-12-14-16-18-20-22-24-26-28-30-31-32-34-36-38-40-42-44-46-48-50-52-54-60(64)61-58(57-68-69(65,66)67-56-55-62(3,4)5)59(63)53-51-49-47-45-43-41-39-37-35-33-29-27-25-23-21-19-17-15-13-11-9-7-2/h31-32,35,37,43,45,51,53,58-59,63H,6-30,33-34,36,38-42,44,46-50,52,54-57H2,1-5H3,(H-,61,64,65,66)/b32-31-,37-35+,45-43+,53-51+. The summed E-state index contributed by atoms with van der Waals surface area (Å²) in [6, 6.07) is -0.912. The van der Waals surface area contributed by atoms with E-state index in [0.717, 1.165) is 44.9 Å². The number of quaternary nitrogens is 1. The highest BCUT2D eigenvalue weighted by atomic mass is 31.2. The van der Waals surface area contributed by atoms with Crippen LogP contribution >= 0.6 is 7.82 Å². The molecule has 0 bridgehead atoms. The van der Waals surface area contributed by atoms with E-state index in [4.69, 9.17) is 9.05 Å². The van der Waals surface area contributed by atoms with Gasteiger partial charge in [-0.3, -0.25) is 9.36 Å². The Balaban J connectivity index is 4.26. The van der Waals surface area contributed by atoms with Gasteiger partial charge < -0.3 is 28.8 Å². The number of nitrogens with zero attached hydrogens (tertiary/aromatic N) is 1. The molecule has 0 saturated heterocycles. The van der Waals surface area contributed by atoms with Crippen LogP contribution in [0.5, 0.6) is 0 Å². The van der Waals surface area contributed by atoms with Gasteiger partial charge in [-0.25, -0.2) is 0 Å². The monoisotopic (exact) mass is 991 g/mol. The van der Waals surface area contributed by atoms with E-state index in [9.17, 15) is 19.4 Å². The van der Waals surface area contributed by atoms with Gasteiger partial charge in [0.15, 0.2) is 0 Å². The summed E-state index contributed by atoms with van der Waals surface area (Å²) in [7, 11) is 1.24. The van der Waals surface area contributed by atoms with Gasteiger partial charge in [0.05, 0.1) is 39.9 Å². The summed E-state index contributed by atoms with van der Waals surface area (Å²) >= 11 is 0. The summed E-state index contributed by atoms with van der Waals surface area (Å²) < 4.78 is 23.3. The van der Waals surface area contributed by atoms with Crippen LogP contribution < -0.4 is 10.2 Å². The Morgan fingerprint density at radius 1 is 0.493 bits per heavy atom. The number of phosphoric acid groups is 1. The topological polar surface area (TPSA) is 108 Å². The Hall–Kier alpha value is -1.54. The van der Waals surface area contributed by atoms with Crippen molar-refractivity contribution in [2.75, 3.05) is 40.9 Å². The van der Waals surface area contributed by atoms with Gasteiger partial charge in [0.1, 0.15) is 13.2 Å². The number of allylic oxidation sites excluding steroid dienone is 7. The lowest BCUT2D eigenvalue weighted by atomic mass is 10.0. The highest BCUT2D eigenvalue weighted by Crippen LogP contribution is 2.38. The maximum atomic E-state index is 13.0. The fourth-order valence-electron chi connectivity index (χ4n) is 8.59. The van der Waals surface area contributed by atoms with Gasteiger partial charge >= 0.3 is 0 Å². The van der Waals surface area contributed by atoms with Crippen LogP contribution in [-0.2, 0) is 18.4 Å². The Labute approximate surface area is 429 Å². The molecule has 2 N–H and O–H groups in total. The summed E-state index contributed by atoms with van der Waals surface area (Å²) in [6.07, 6.45) is 67.7. The minimum Gasteiger partial charge on any atom is -0.756 e. The number of likely N-dealkylation sites (N-methyl/N-ethyl adjacent to an activating group) is 1. The molecule has 3 unspecified atom stereocenters. The lowest BCUT2D eigenvalue weighted by Crippen LogP contribution is -2.45. The third kappa shape index (κ3) is 54.1. The highest BCUT2D eigenvalue weighted by Gasteiger charge is 2.23. The minimum atomic E-state index is -4.61. The van der Waals surface area contributed by atoms with Crippen molar-refractivity contribution >= 4 is 13.7 Å². The van der Waals surface area contributed by atoms with Crippen molar-refractivity contribution < 1.29 is 32.9 Å². The molecule has 9 heteroatoms. The maximum Gasteiger partial charge on any atom is 0.268 e. The average Bonchev–Trinajstić information content (AvgIpc) is 3.31. The first kappa shape index (κ1) is 67.5. The van der Waals surface area contributed by atoms with Gasteiger partial charge in [0, 0.05) is 6.42 Å². The molecule has 0 aromatic heterocycles. The molecule has 3 atom stereocenters. The lowest BCUT2D eigenvalue weighted by Gasteiger charge is -2.29. The first-order valence-corrected chi connectivity index (χ1v) is 31.0. The fraction of sp³-hybridized carbons (Fsp3) is 0.850. The quantitative estimate of drug-likeness (QED) is 0.0272. The van der Waals surface area contributed by atoms with E-state index in [1.807, 2.05) is 27.2 Å². The molecule has 0 aliphatic carbocycles. The molecular weight excluding hydrogens is 876 g/mol. The van der Waals surface area contributed by atoms with Crippen LogP contribution in [0, 0.1) is 0 Å². The maximum absolute atomic E-state index is 13.0. The molecule has 8 nitrogen and oxygen atoms in total. The number of carbonyl (C=O) groups is 1. The minimum absolute atomic E-state index is 0.00970. The normalized spacial score (nSPS) is 14.2. The zero-order valence-electron chi connectivity index (χ0n) is 46.3. The van der Waals surface area contributed by atoms with Crippen LogP contribution in [0.2, 0.25) is 0 Å². The first-order chi connectivity index (χ1) is 33.5. The number of hydrogen-bond donors (Lipinski definition) is 2. The van der Waals surface area contributed by atoms with Gasteiger partial charge in [-0.2, -0.15) is 0 Å². The predicted molar refractivity (Wildman–Crippen MR) is 298 cm³/mol. The van der Waals surface area contributed by atoms with E-state index in [0.29, 0.717) is 17.4 Å². The third-order valence-electron chi connectivity index (χ3n) is 13.2. The number of nitrogens with one attached hydrogen (secondary N) is 1. The molecule has 0 spiro atoms. The van der Waals surface area contributed by atoms with Crippen LogP contribution in [-0.4, -0.2) is 68.5 Å². The Morgan fingerprint density at radius 3 is 1.17 bits per heavy atom. The largest absolute Gasteiger partial charge is 0.756 e. The number of amides is 1. The highest BCUT2D eigenvalue weighted by molar-refractivity contribution is 7.45. The van der Waals surface area contributed by atoms with Crippen molar-refractivity contribution in [3.63, 3.8) is 0 Å². The molecule has 0 rings (SSSR count). The second-order valence-electron chi connectivity index (χ2n) is 21.3. The molecular formula is C60H115N2O6P. The predicted octanol–water partition coefficient (Wildman–Crippen LogP) is 17.3. The molecule has 0 fully saturated rings. The van der Waals surface area contributed by atoms with E-state index < -0.39 is 26.6 Å². The molecule has 0 saturated carbocycles. The van der Waals surface area contributed by atoms with E-state index in [1.165, 1.54) is 212 Å². The number of aliphatic hydroxyl groups is 1. The van der Waals surface area contributed by atoms with Gasteiger partial charge in [0.25, 0.3) is 7.82 Å². The van der Waals surface area contributed by atoms with Crippen molar-refractivity contribution in [3.8, 4) is 0 Å². The summed E-state index contributed by atoms with van der Waals surface area (Å²) in [5.41, 5.74) is 0. The molecule has 406 valence electrons. The molecule has 0 aliphatic heterocycles. The van der Waals surface area contributed by atoms with Gasteiger partial charge in [0.2, 0.25) is 5.91 Å². The zero-order chi connectivity index (χ0) is 50.6. The van der Waals surface area contributed by atoms with Crippen LogP contribution in [0.25, 0.3) is 0 Å². The second-order valence-corrected chi connectivity index (χ2v) is 22.7. The summed E-state index contributed by atoms with van der Waals surface area (Å²) in [6.45, 7) is 4.65. The average molecular weight is 992 g/mol. The third-order valence-corrected chi connectivity index (χ3v) is 14.2. The number of hydrogen-bond acceptors (Lipinski definition) is 6. The number of carbonyl (C=O) groups excluding carboxylic acids is 1. The molecule has 69 heavy (non-hydrogen) atoms. The van der Waals surface area contributed by atoms with Crippen molar-refractivity contribution in [1.29, 1.82) is 0 Å². The van der Waals surface area contributed by atoms with Crippen molar-refractivity contribution in [3.05, 3.63) is 48.6 Å². The number of phosphoric ester groups is 1. The summed E-state index contributed by atoms with van der Waals surface area (Å²) in [4.78, 5) is 25.5. The van der Waals surface area contributed by atoms with Crippen molar-refractivity contribution in [2.45, 2.75) is 289 Å². The van der Waals surface area contributed by atoms with Gasteiger partial charge in [-0.15, -0.1) is 0 Å². The molecule has 1 amide bonds. The second kappa shape index (κ2) is 51.4. The summed E-state index contributed by atoms with van der Waals surface area (Å²) in [5, 5.41) is 13.9. The molecule has 0 aromatic carbocycles. The van der Waals surface area contributed by atoms with Crippen LogP contribution in [0.1, 0.15) is 277 Å². The SMILES string of the molecule is CCCCCCCCCCCCCC/C=C\CCCCCCCCCCCC(=O)NC(COP(=O)([O-])OCC[N+](C)(C)C)C(O)/C=C/CC/C=C/CC/C=C/CCCCCCCCCCCCCC. The molecule has 0 radical (unpaired) electrons. The Bertz CT molecular complexity index is 1260. The smallest absolute Gasteiger partial charge is 0.268 e. The Morgan fingerprint density at radius 2 is 0.812 bits per heavy atom. The molecule has 0 heterocycles. The van der Waals surface area contributed by atoms with Crippen molar-refractivity contribution in [1.82, 2.24) is 5.32 Å². The molecule has 0 aromatic rings. The fourth-order valence-corrected chi connectivity index (χ4v) is 9.32. The van der Waals surface area contributed by atoms with Crippen molar-refractivity contribution in [2.24, 2.45) is 0 Å². The number of aliphatic hydroxyl groups excluding tert-OH is 1. The lowest BCUT2D eigenvalue weighted by molar-refractivity contribution is -0.870. The van der Waals surface area contributed by atoms with E-state index >= 15 is 0 Å². The molecule has 0 aliphatic rings. The van der Waals surface area contributed by atoms with Gasteiger partial charge in [-0.05, 0) is 70.6 Å². The van der Waals surface area contributed by atoms with Crippen LogP contribution in [0.3, 0.4) is 0 Å². The van der Waals surface area contributed by atoms with E-state index in [1.54, 1.807) is 6.08 Å².